The summed E-state index contributed by atoms with van der Waals surface area (Å²) in [5.74, 6) is 0.762. The van der Waals surface area contributed by atoms with Crippen molar-refractivity contribution >= 4 is 15.9 Å². The molecule has 0 aliphatic carbocycles. The van der Waals surface area contributed by atoms with E-state index in [0.717, 1.165) is 6.42 Å². The van der Waals surface area contributed by atoms with Crippen LogP contribution in [0.1, 0.15) is 40.0 Å². The summed E-state index contributed by atoms with van der Waals surface area (Å²) in [4.78, 5) is 14.1. The van der Waals surface area contributed by atoms with E-state index in [0.29, 0.717) is 44.8 Å². The molecule has 0 aromatic heterocycles. The van der Waals surface area contributed by atoms with E-state index in [2.05, 4.69) is 0 Å². The second-order valence-electron chi connectivity index (χ2n) is 6.53. The Labute approximate surface area is 150 Å². The SMILES string of the molecule is CCCC(=O)N1CCCN(S(=O)(=O)c2ccc(OC(C)C)cc2)CC1. The monoisotopic (exact) mass is 368 g/mol. The van der Waals surface area contributed by atoms with Crippen LogP contribution in [0.5, 0.6) is 5.75 Å². The molecule has 0 N–H and O–H groups in total. The van der Waals surface area contributed by atoms with Crippen molar-refractivity contribution in [3.8, 4) is 5.75 Å². The van der Waals surface area contributed by atoms with Gasteiger partial charge in [-0.3, -0.25) is 4.79 Å². The molecule has 1 aliphatic rings. The van der Waals surface area contributed by atoms with Gasteiger partial charge in [-0.2, -0.15) is 4.31 Å². The lowest BCUT2D eigenvalue weighted by Crippen LogP contribution is -2.37. The molecule has 1 amide bonds. The number of nitrogens with zero attached hydrogens (tertiary/aromatic N) is 2. The molecule has 0 spiro atoms. The maximum Gasteiger partial charge on any atom is 0.243 e. The maximum absolute atomic E-state index is 12.9. The van der Waals surface area contributed by atoms with E-state index in [4.69, 9.17) is 4.74 Å². The smallest absolute Gasteiger partial charge is 0.243 e. The normalized spacial score (nSPS) is 16.7. The number of amides is 1. The molecule has 7 heteroatoms. The lowest BCUT2D eigenvalue weighted by molar-refractivity contribution is -0.131. The van der Waals surface area contributed by atoms with Gasteiger partial charge in [0.2, 0.25) is 15.9 Å². The third-order valence-electron chi connectivity index (χ3n) is 4.10. The Balaban J connectivity index is 2.07. The fourth-order valence-corrected chi connectivity index (χ4v) is 4.34. The fraction of sp³-hybridized carbons (Fsp3) is 0.611. The second kappa shape index (κ2) is 8.67. The predicted octanol–water partition coefficient (Wildman–Crippen LogP) is 2.50. The third kappa shape index (κ3) is 5.19. The Kier molecular flexibility index (Phi) is 6.84. The van der Waals surface area contributed by atoms with Gasteiger partial charge >= 0.3 is 0 Å². The number of hydrogen-bond donors (Lipinski definition) is 0. The Bertz CT molecular complexity index is 671. The Morgan fingerprint density at radius 1 is 1.12 bits per heavy atom. The van der Waals surface area contributed by atoms with Crippen LogP contribution in [0.25, 0.3) is 0 Å². The van der Waals surface area contributed by atoms with Gasteiger partial charge in [-0.05, 0) is 51.0 Å². The molecule has 1 heterocycles. The van der Waals surface area contributed by atoms with Crippen LogP contribution in [0, 0.1) is 0 Å². The van der Waals surface area contributed by atoms with E-state index in [1.807, 2.05) is 20.8 Å². The van der Waals surface area contributed by atoms with E-state index in [9.17, 15) is 13.2 Å². The van der Waals surface area contributed by atoms with Crippen LogP contribution in [0.4, 0.5) is 0 Å². The van der Waals surface area contributed by atoms with Gasteiger partial charge in [0, 0.05) is 32.6 Å². The number of rotatable bonds is 6. The molecule has 2 rings (SSSR count). The van der Waals surface area contributed by atoms with E-state index in [1.165, 1.54) is 4.31 Å². The van der Waals surface area contributed by atoms with Gasteiger partial charge in [0.1, 0.15) is 5.75 Å². The molecule has 6 nitrogen and oxygen atoms in total. The maximum atomic E-state index is 12.9. The Morgan fingerprint density at radius 2 is 1.80 bits per heavy atom. The fourth-order valence-electron chi connectivity index (χ4n) is 2.87. The topological polar surface area (TPSA) is 66.9 Å². The second-order valence-corrected chi connectivity index (χ2v) is 8.46. The zero-order valence-electron chi connectivity index (χ0n) is 15.3. The highest BCUT2D eigenvalue weighted by Gasteiger charge is 2.28. The summed E-state index contributed by atoms with van der Waals surface area (Å²) in [5, 5.41) is 0. The van der Waals surface area contributed by atoms with Crippen LogP contribution in [0.2, 0.25) is 0 Å². The van der Waals surface area contributed by atoms with Crippen LogP contribution in [-0.2, 0) is 14.8 Å². The van der Waals surface area contributed by atoms with E-state index in [1.54, 1.807) is 29.2 Å². The summed E-state index contributed by atoms with van der Waals surface area (Å²) in [7, 11) is -3.55. The van der Waals surface area contributed by atoms with Gasteiger partial charge in [0.25, 0.3) is 0 Å². The number of carbonyl (C=O) groups is 1. The number of carbonyl (C=O) groups excluding carboxylic acids is 1. The van der Waals surface area contributed by atoms with Gasteiger partial charge < -0.3 is 9.64 Å². The number of sulfonamides is 1. The van der Waals surface area contributed by atoms with Crippen molar-refractivity contribution in [1.29, 1.82) is 0 Å². The van der Waals surface area contributed by atoms with Crippen molar-refractivity contribution < 1.29 is 17.9 Å². The summed E-state index contributed by atoms with van der Waals surface area (Å²) < 4.78 is 32.7. The summed E-state index contributed by atoms with van der Waals surface area (Å²) in [6.07, 6.45) is 2.02. The molecule has 25 heavy (non-hydrogen) atoms. The minimum atomic E-state index is -3.55. The van der Waals surface area contributed by atoms with Crippen molar-refractivity contribution in [2.24, 2.45) is 0 Å². The summed E-state index contributed by atoms with van der Waals surface area (Å²) >= 11 is 0. The van der Waals surface area contributed by atoms with Gasteiger partial charge in [-0.25, -0.2) is 8.42 Å². The molecule has 1 aliphatic heterocycles. The van der Waals surface area contributed by atoms with Crippen molar-refractivity contribution in [3.05, 3.63) is 24.3 Å². The van der Waals surface area contributed by atoms with Crippen LogP contribution in [0.3, 0.4) is 0 Å². The molecule has 1 aromatic carbocycles. The van der Waals surface area contributed by atoms with Crippen LogP contribution in [0.15, 0.2) is 29.2 Å². The van der Waals surface area contributed by atoms with E-state index >= 15 is 0 Å². The standard InChI is InChI=1S/C18H28N2O4S/c1-4-6-18(21)19-11-5-12-20(14-13-19)25(22,23)17-9-7-16(8-10-17)24-15(2)3/h7-10,15H,4-6,11-14H2,1-3H3. The number of ether oxygens (including phenoxy) is 1. The molecule has 1 saturated heterocycles. The van der Waals surface area contributed by atoms with Gasteiger partial charge in [-0.15, -0.1) is 0 Å². The van der Waals surface area contributed by atoms with Gasteiger partial charge in [0.15, 0.2) is 0 Å². The summed E-state index contributed by atoms with van der Waals surface area (Å²) in [5.41, 5.74) is 0. The minimum Gasteiger partial charge on any atom is -0.491 e. The highest BCUT2D eigenvalue weighted by molar-refractivity contribution is 7.89. The predicted molar refractivity (Wildman–Crippen MR) is 97.1 cm³/mol. The van der Waals surface area contributed by atoms with Crippen molar-refractivity contribution in [2.45, 2.75) is 51.0 Å². The average molecular weight is 368 g/mol. The van der Waals surface area contributed by atoms with Crippen LogP contribution in [-0.4, -0.2) is 55.8 Å². The molecule has 140 valence electrons. The zero-order valence-corrected chi connectivity index (χ0v) is 16.1. The molecule has 0 bridgehead atoms. The third-order valence-corrected chi connectivity index (χ3v) is 6.02. The first kappa shape index (κ1) is 19.7. The molecule has 1 aromatic rings. The molecule has 0 radical (unpaired) electrons. The average Bonchev–Trinajstić information content (AvgIpc) is 2.81. The highest BCUT2D eigenvalue weighted by Crippen LogP contribution is 2.21. The molecule has 0 unspecified atom stereocenters. The first-order valence-corrected chi connectivity index (χ1v) is 10.3. The Morgan fingerprint density at radius 3 is 2.40 bits per heavy atom. The first-order valence-electron chi connectivity index (χ1n) is 8.89. The quantitative estimate of drug-likeness (QED) is 0.774. The minimum absolute atomic E-state index is 0.0414. The molecule has 0 saturated carbocycles. The van der Waals surface area contributed by atoms with E-state index in [-0.39, 0.29) is 16.9 Å². The molecule has 1 fully saturated rings. The summed E-state index contributed by atoms with van der Waals surface area (Å²) in [6, 6.07) is 6.53. The van der Waals surface area contributed by atoms with Crippen molar-refractivity contribution in [2.75, 3.05) is 26.2 Å². The van der Waals surface area contributed by atoms with Gasteiger partial charge in [-0.1, -0.05) is 6.92 Å². The first-order chi connectivity index (χ1) is 11.8. The number of benzene rings is 1. The zero-order chi connectivity index (χ0) is 18.4. The largest absolute Gasteiger partial charge is 0.491 e. The van der Waals surface area contributed by atoms with Crippen molar-refractivity contribution in [1.82, 2.24) is 9.21 Å². The lowest BCUT2D eigenvalue weighted by atomic mass is 10.3. The van der Waals surface area contributed by atoms with Crippen LogP contribution >= 0.6 is 0 Å². The highest BCUT2D eigenvalue weighted by atomic mass is 32.2. The van der Waals surface area contributed by atoms with Crippen LogP contribution < -0.4 is 4.74 Å². The lowest BCUT2D eigenvalue weighted by Gasteiger charge is -2.22. The van der Waals surface area contributed by atoms with Gasteiger partial charge in [0.05, 0.1) is 11.0 Å². The molecular weight excluding hydrogens is 340 g/mol. The van der Waals surface area contributed by atoms with E-state index < -0.39 is 10.0 Å². The summed E-state index contributed by atoms with van der Waals surface area (Å²) in [6.45, 7) is 7.66. The Hall–Kier alpha value is -1.60. The molecular formula is C18H28N2O4S. The van der Waals surface area contributed by atoms with Crippen molar-refractivity contribution in [3.63, 3.8) is 0 Å². The molecule has 0 atom stereocenters. The number of hydrogen-bond acceptors (Lipinski definition) is 4.